The topological polar surface area (TPSA) is 128 Å². The Morgan fingerprint density at radius 3 is 2.39 bits per heavy atom. The zero-order valence-corrected chi connectivity index (χ0v) is 18.4. The molecule has 1 amide bonds. The molecule has 0 radical (unpaired) electrons. The standard InChI is InChI=1S/C23H24N6O4/c1-3-32-18-10-6-16(7-11-18)23-26-21(33-29-23)13-12-20(30)24-14-19-25-22(28-27-19)15-4-8-17(31-2)9-5-15/h4-11H,3,12-14H2,1-2H3,(H,24,30)(H,25,27,28). The third kappa shape index (κ3) is 5.73. The molecule has 0 unspecified atom stereocenters. The number of ether oxygens (including phenoxy) is 2. The molecule has 0 saturated heterocycles. The van der Waals surface area contributed by atoms with E-state index in [9.17, 15) is 4.79 Å². The summed E-state index contributed by atoms with van der Waals surface area (Å²) in [4.78, 5) is 21.0. The van der Waals surface area contributed by atoms with Crippen molar-refractivity contribution in [3.8, 4) is 34.3 Å². The van der Waals surface area contributed by atoms with Crippen molar-refractivity contribution in [3.63, 3.8) is 0 Å². The van der Waals surface area contributed by atoms with Gasteiger partial charge in [-0.3, -0.25) is 9.89 Å². The second-order valence-corrected chi connectivity index (χ2v) is 7.08. The van der Waals surface area contributed by atoms with E-state index >= 15 is 0 Å². The largest absolute Gasteiger partial charge is 0.497 e. The fraction of sp³-hybridized carbons (Fsp3) is 0.261. The molecule has 2 aromatic carbocycles. The van der Waals surface area contributed by atoms with Crippen LogP contribution in [0.4, 0.5) is 0 Å². The molecule has 0 saturated carbocycles. The van der Waals surface area contributed by atoms with Gasteiger partial charge in [0.15, 0.2) is 5.82 Å². The molecule has 170 valence electrons. The maximum absolute atomic E-state index is 12.2. The van der Waals surface area contributed by atoms with Crippen LogP contribution in [0.1, 0.15) is 25.1 Å². The number of nitrogens with one attached hydrogen (secondary N) is 2. The summed E-state index contributed by atoms with van der Waals surface area (Å²) in [6.07, 6.45) is 0.549. The number of benzene rings is 2. The fourth-order valence-corrected chi connectivity index (χ4v) is 3.08. The highest BCUT2D eigenvalue weighted by Gasteiger charge is 2.12. The predicted molar refractivity (Wildman–Crippen MR) is 119 cm³/mol. The first kappa shape index (κ1) is 22.0. The van der Waals surface area contributed by atoms with E-state index in [2.05, 4.69) is 30.6 Å². The highest BCUT2D eigenvalue weighted by Crippen LogP contribution is 2.21. The smallest absolute Gasteiger partial charge is 0.227 e. The zero-order valence-electron chi connectivity index (χ0n) is 18.4. The number of rotatable bonds is 10. The van der Waals surface area contributed by atoms with Crippen LogP contribution in [0.2, 0.25) is 0 Å². The van der Waals surface area contributed by atoms with Gasteiger partial charge in [0, 0.05) is 24.0 Å². The Balaban J connectivity index is 1.25. The Labute approximate surface area is 190 Å². The van der Waals surface area contributed by atoms with E-state index in [0.29, 0.717) is 36.4 Å². The van der Waals surface area contributed by atoms with Gasteiger partial charge in [-0.05, 0) is 55.5 Å². The monoisotopic (exact) mass is 448 g/mol. The Bertz CT molecular complexity index is 1180. The quantitative estimate of drug-likeness (QED) is 0.379. The lowest BCUT2D eigenvalue weighted by atomic mass is 10.2. The van der Waals surface area contributed by atoms with Crippen LogP contribution >= 0.6 is 0 Å². The Kier molecular flexibility index (Phi) is 6.93. The fourth-order valence-electron chi connectivity index (χ4n) is 3.08. The van der Waals surface area contributed by atoms with Crippen LogP contribution in [0, 0.1) is 0 Å². The molecule has 33 heavy (non-hydrogen) atoms. The molecular weight excluding hydrogens is 424 g/mol. The zero-order chi connectivity index (χ0) is 23.0. The Hall–Kier alpha value is -4.21. The van der Waals surface area contributed by atoms with Crippen LogP contribution in [-0.2, 0) is 17.8 Å². The maximum atomic E-state index is 12.2. The van der Waals surface area contributed by atoms with E-state index in [4.69, 9.17) is 14.0 Å². The van der Waals surface area contributed by atoms with Crippen LogP contribution in [0.15, 0.2) is 53.1 Å². The molecule has 4 rings (SSSR count). The highest BCUT2D eigenvalue weighted by molar-refractivity contribution is 5.76. The molecule has 0 atom stereocenters. The Morgan fingerprint density at radius 2 is 1.70 bits per heavy atom. The molecule has 2 aromatic heterocycles. The van der Waals surface area contributed by atoms with Gasteiger partial charge >= 0.3 is 0 Å². The molecule has 4 aromatic rings. The maximum Gasteiger partial charge on any atom is 0.227 e. The summed E-state index contributed by atoms with van der Waals surface area (Å²) in [5.41, 5.74) is 1.67. The predicted octanol–water partition coefficient (Wildman–Crippen LogP) is 3.18. The van der Waals surface area contributed by atoms with Gasteiger partial charge in [-0.15, -0.1) is 0 Å². The van der Waals surface area contributed by atoms with Crippen molar-refractivity contribution in [2.75, 3.05) is 13.7 Å². The van der Waals surface area contributed by atoms with Crippen molar-refractivity contribution >= 4 is 5.91 Å². The van der Waals surface area contributed by atoms with Gasteiger partial charge in [-0.1, -0.05) is 5.16 Å². The lowest BCUT2D eigenvalue weighted by molar-refractivity contribution is -0.121. The molecule has 0 spiro atoms. The summed E-state index contributed by atoms with van der Waals surface area (Å²) in [5, 5.41) is 13.8. The van der Waals surface area contributed by atoms with Gasteiger partial charge < -0.3 is 19.3 Å². The van der Waals surface area contributed by atoms with E-state index in [1.165, 1.54) is 0 Å². The van der Waals surface area contributed by atoms with Crippen molar-refractivity contribution in [3.05, 3.63) is 60.2 Å². The number of nitrogens with zero attached hydrogens (tertiary/aromatic N) is 4. The van der Waals surface area contributed by atoms with Crippen LogP contribution in [0.5, 0.6) is 11.5 Å². The number of methoxy groups -OCH3 is 1. The molecule has 0 aliphatic heterocycles. The number of carbonyl (C=O) groups excluding carboxylic acids is 1. The normalized spacial score (nSPS) is 10.7. The molecule has 0 fully saturated rings. The summed E-state index contributed by atoms with van der Waals surface area (Å²) in [6, 6.07) is 14.9. The molecule has 10 heteroatoms. The van der Waals surface area contributed by atoms with Gasteiger partial charge in [-0.2, -0.15) is 10.1 Å². The first-order valence-electron chi connectivity index (χ1n) is 10.5. The summed E-state index contributed by atoms with van der Waals surface area (Å²) < 4.78 is 15.8. The van der Waals surface area contributed by atoms with Gasteiger partial charge in [0.1, 0.15) is 17.3 Å². The van der Waals surface area contributed by atoms with Crippen molar-refractivity contribution in [2.24, 2.45) is 0 Å². The minimum absolute atomic E-state index is 0.154. The number of H-pyrrole nitrogens is 1. The molecule has 10 nitrogen and oxygen atoms in total. The number of aromatic nitrogens is 5. The van der Waals surface area contributed by atoms with Crippen LogP contribution in [0.3, 0.4) is 0 Å². The van der Waals surface area contributed by atoms with E-state index in [1.807, 2.05) is 55.5 Å². The molecule has 2 N–H and O–H groups in total. The van der Waals surface area contributed by atoms with Crippen molar-refractivity contribution in [1.82, 2.24) is 30.6 Å². The van der Waals surface area contributed by atoms with Gasteiger partial charge in [0.2, 0.25) is 17.6 Å². The first-order valence-corrected chi connectivity index (χ1v) is 10.5. The number of aryl methyl sites for hydroxylation is 1. The SMILES string of the molecule is CCOc1ccc(-c2noc(CCC(=O)NCc3nc(-c4ccc(OC)cc4)n[nH]3)n2)cc1. The van der Waals surface area contributed by atoms with Gasteiger partial charge in [-0.25, -0.2) is 4.98 Å². The number of hydrogen-bond donors (Lipinski definition) is 2. The van der Waals surface area contributed by atoms with E-state index in [0.717, 1.165) is 22.6 Å². The van der Waals surface area contributed by atoms with Gasteiger partial charge in [0.25, 0.3) is 0 Å². The molecule has 0 aliphatic rings. The number of aromatic amines is 1. The first-order chi connectivity index (χ1) is 16.1. The second-order valence-electron chi connectivity index (χ2n) is 7.08. The van der Waals surface area contributed by atoms with E-state index in [1.54, 1.807) is 7.11 Å². The van der Waals surface area contributed by atoms with Crippen molar-refractivity contribution in [2.45, 2.75) is 26.3 Å². The minimum Gasteiger partial charge on any atom is -0.497 e. The molecule has 0 aliphatic carbocycles. The third-order valence-electron chi connectivity index (χ3n) is 4.79. The summed E-state index contributed by atoms with van der Waals surface area (Å²) in [6.45, 7) is 2.78. The average molecular weight is 448 g/mol. The van der Waals surface area contributed by atoms with Crippen LogP contribution in [0.25, 0.3) is 22.8 Å². The lowest BCUT2D eigenvalue weighted by Gasteiger charge is -2.02. The number of amides is 1. The number of carbonyl (C=O) groups is 1. The van der Waals surface area contributed by atoms with E-state index in [-0.39, 0.29) is 18.9 Å². The van der Waals surface area contributed by atoms with Gasteiger partial charge in [0.05, 0.1) is 20.3 Å². The van der Waals surface area contributed by atoms with Crippen molar-refractivity contribution < 1.29 is 18.8 Å². The highest BCUT2D eigenvalue weighted by atomic mass is 16.5. The molecule has 0 bridgehead atoms. The van der Waals surface area contributed by atoms with Crippen LogP contribution < -0.4 is 14.8 Å². The summed E-state index contributed by atoms with van der Waals surface area (Å²) in [5.74, 6) is 3.37. The average Bonchev–Trinajstić information content (AvgIpc) is 3.52. The second kappa shape index (κ2) is 10.4. The molecule has 2 heterocycles. The molecular formula is C23H24N6O4. The van der Waals surface area contributed by atoms with E-state index < -0.39 is 0 Å². The lowest BCUT2D eigenvalue weighted by Crippen LogP contribution is -2.23. The Morgan fingerprint density at radius 1 is 1.00 bits per heavy atom. The van der Waals surface area contributed by atoms with Crippen LogP contribution in [-0.4, -0.2) is 44.9 Å². The number of hydrogen-bond acceptors (Lipinski definition) is 8. The third-order valence-corrected chi connectivity index (χ3v) is 4.79. The van der Waals surface area contributed by atoms with Crippen molar-refractivity contribution in [1.29, 1.82) is 0 Å². The summed E-state index contributed by atoms with van der Waals surface area (Å²) in [7, 11) is 1.61. The summed E-state index contributed by atoms with van der Waals surface area (Å²) >= 11 is 0. The minimum atomic E-state index is -0.154.